The monoisotopic (exact) mass is 342 g/mol. The average Bonchev–Trinajstić information content (AvgIpc) is 2.63. The van der Waals surface area contributed by atoms with Gasteiger partial charge in [0.2, 0.25) is 0 Å². The third-order valence-corrected chi connectivity index (χ3v) is 3.71. The highest BCUT2D eigenvalue weighted by Gasteiger charge is 2.15. The molecule has 0 saturated heterocycles. The number of rotatable bonds is 7. The molecular weight excluding hydrogens is 320 g/mol. The van der Waals surface area contributed by atoms with Crippen LogP contribution < -0.4 is 10.6 Å². The average molecular weight is 342 g/mol. The van der Waals surface area contributed by atoms with E-state index in [1.54, 1.807) is 42.5 Å². The standard InChI is InChI=1S/C19H22N2O4/c1-13-8-9-15(19(24)20-16(11-22)12-25-2)10-17(13)21-18(23)14-6-4-3-5-7-14/h3-10,16,22H,11-12H2,1-2H3,(H,20,24)(H,21,23)/t16-/m0/s1. The molecule has 0 aliphatic carbocycles. The van der Waals surface area contributed by atoms with Crippen molar-refractivity contribution in [2.24, 2.45) is 0 Å². The van der Waals surface area contributed by atoms with E-state index < -0.39 is 6.04 Å². The van der Waals surface area contributed by atoms with Crippen LogP contribution in [0, 0.1) is 6.92 Å². The number of nitrogens with one attached hydrogen (secondary N) is 2. The Balaban J connectivity index is 2.14. The van der Waals surface area contributed by atoms with Crippen molar-refractivity contribution in [1.29, 1.82) is 0 Å². The molecule has 25 heavy (non-hydrogen) atoms. The lowest BCUT2D eigenvalue weighted by molar-refractivity contribution is 0.0839. The summed E-state index contributed by atoms with van der Waals surface area (Å²) in [4.78, 5) is 24.6. The number of ether oxygens (including phenoxy) is 1. The maximum absolute atomic E-state index is 12.3. The molecule has 0 aromatic heterocycles. The van der Waals surface area contributed by atoms with Gasteiger partial charge in [0.1, 0.15) is 0 Å². The van der Waals surface area contributed by atoms with Gasteiger partial charge in [0.25, 0.3) is 11.8 Å². The number of aryl methyl sites for hydroxylation is 1. The van der Waals surface area contributed by atoms with Crippen LogP contribution in [0.3, 0.4) is 0 Å². The summed E-state index contributed by atoms with van der Waals surface area (Å²) in [6.45, 7) is 1.85. The van der Waals surface area contributed by atoms with Gasteiger partial charge >= 0.3 is 0 Å². The molecule has 0 aliphatic heterocycles. The van der Waals surface area contributed by atoms with Crippen LogP contribution in [-0.4, -0.2) is 43.3 Å². The fraction of sp³-hybridized carbons (Fsp3) is 0.263. The van der Waals surface area contributed by atoms with E-state index in [0.717, 1.165) is 5.56 Å². The van der Waals surface area contributed by atoms with Crippen molar-refractivity contribution in [2.75, 3.05) is 25.6 Å². The number of carbonyl (C=O) groups excluding carboxylic acids is 2. The molecule has 132 valence electrons. The van der Waals surface area contributed by atoms with E-state index in [9.17, 15) is 14.7 Å². The minimum absolute atomic E-state index is 0.214. The Kier molecular flexibility index (Phi) is 6.68. The zero-order valence-electron chi connectivity index (χ0n) is 14.3. The maximum Gasteiger partial charge on any atom is 0.255 e. The highest BCUT2D eigenvalue weighted by atomic mass is 16.5. The zero-order valence-corrected chi connectivity index (χ0v) is 14.3. The van der Waals surface area contributed by atoms with Gasteiger partial charge in [-0.15, -0.1) is 0 Å². The summed E-state index contributed by atoms with van der Waals surface area (Å²) in [7, 11) is 1.50. The summed E-state index contributed by atoms with van der Waals surface area (Å²) in [5, 5.41) is 14.8. The van der Waals surface area contributed by atoms with E-state index in [2.05, 4.69) is 10.6 Å². The summed E-state index contributed by atoms with van der Waals surface area (Å²) < 4.78 is 4.94. The molecule has 0 aliphatic rings. The molecule has 0 heterocycles. The number of carbonyl (C=O) groups is 2. The van der Waals surface area contributed by atoms with Gasteiger partial charge in [-0.25, -0.2) is 0 Å². The lowest BCUT2D eigenvalue weighted by atomic mass is 10.1. The van der Waals surface area contributed by atoms with Crippen molar-refractivity contribution >= 4 is 17.5 Å². The quantitative estimate of drug-likeness (QED) is 0.718. The van der Waals surface area contributed by atoms with Crippen LogP contribution in [0.2, 0.25) is 0 Å². The molecule has 2 rings (SSSR count). The Bertz CT molecular complexity index is 731. The number of hydrogen-bond acceptors (Lipinski definition) is 4. The first-order valence-electron chi connectivity index (χ1n) is 7.93. The molecule has 2 amide bonds. The SMILES string of the molecule is COC[C@H](CO)NC(=O)c1ccc(C)c(NC(=O)c2ccccc2)c1. The van der Waals surface area contributed by atoms with Gasteiger partial charge in [0.05, 0.1) is 19.3 Å². The number of anilines is 1. The summed E-state index contributed by atoms with van der Waals surface area (Å²) in [6.07, 6.45) is 0. The predicted octanol–water partition coefficient (Wildman–Crippen LogP) is 1.98. The molecule has 0 saturated carbocycles. The lowest BCUT2D eigenvalue weighted by Crippen LogP contribution is -2.40. The van der Waals surface area contributed by atoms with E-state index in [1.165, 1.54) is 7.11 Å². The van der Waals surface area contributed by atoms with Crippen LogP contribution in [0.5, 0.6) is 0 Å². The number of methoxy groups -OCH3 is 1. The molecule has 0 bridgehead atoms. The van der Waals surface area contributed by atoms with Crippen LogP contribution in [0.4, 0.5) is 5.69 Å². The molecule has 2 aromatic carbocycles. The van der Waals surface area contributed by atoms with E-state index in [4.69, 9.17) is 4.74 Å². The highest BCUT2D eigenvalue weighted by molar-refractivity contribution is 6.05. The smallest absolute Gasteiger partial charge is 0.255 e. The molecule has 6 nitrogen and oxygen atoms in total. The number of aliphatic hydroxyl groups excluding tert-OH is 1. The highest BCUT2D eigenvalue weighted by Crippen LogP contribution is 2.18. The second kappa shape index (κ2) is 8.96. The molecule has 6 heteroatoms. The third-order valence-electron chi connectivity index (χ3n) is 3.71. The molecule has 0 spiro atoms. The number of aliphatic hydroxyl groups is 1. The molecule has 0 fully saturated rings. The minimum atomic E-state index is -0.485. The van der Waals surface area contributed by atoms with E-state index >= 15 is 0 Å². The van der Waals surface area contributed by atoms with Crippen molar-refractivity contribution in [1.82, 2.24) is 5.32 Å². The molecular formula is C19H22N2O4. The van der Waals surface area contributed by atoms with Crippen molar-refractivity contribution in [2.45, 2.75) is 13.0 Å². The topological polar surface area (TPSA) is 87.7 Å². The Morgan fingerprint density at radius 1 is 1.08 bits per heavy atom. The molecule has 0 radical (unpaired) electrons. The summed E-state index contributed by atoms with van der Waals surface area (Å²) in [5.41, 5.74) is 2.34. The molecule has 3 N–H and O–H groups in total. The van der Waals surface area contributed by atoms with E-state index in [0.29, 0.717) is 16.8 Å². The van der Waals surface area contributed by atoms with Crippen LogP contribution in [0.15, 0.2) is 48.5 Å². The van der Waals surface area contributed by atoms with Crippen LogP contribution in [-0.2, 0) is 4.74 Å². The molecule has 2 aromatic rings. The largest absolute Gasteiger partial charge is 0.394 e. The van der Waals surface area contributed by atoms with Gasteiger partial charge < -0.3 is 20.5 Å². The fourth-order valence-corrected chi connectivity index (χ4v) is 2.29. The van der Waals surface area contributed by atoms with Crippen LogP contribution in [0.25, 0.3) is 0 Å². The zero-order chi connectivity index (χ0) is 18.2. The van der Waals surface area contributed by atoms with Crippen molar-refractivity contribution in [3.63, 3.8) is 0 Å². The van der Waals surface area contributed by atoms with Crippen molar-refractivity contribution < 1.29 is 19.4 Å². The Morgan fingerprint density at radius 3 is 2.44 bits per heavy atom. The maximum atomic E-state index is 12.3. The van der Waals surface area contributed by atoms with Crippen LogP contribution in [0.1, 0.15) is 26.3 Å². The van der Waals surface area contributed by atoms with Gasteiger partial charge in [-0.3, -0.25) is 9.59 Å². The summed E-state index contributed by atoms with van der Waals surface area (Å²) >= 11 is 0. The Hall–Kier alpha value is -2.70. The van der Waals surface area contributed by atoms with Gasteiger partial charge in [0, 0.05) is 23.9 Å². The fourth-order valence-electron chi connectivity index (χ4n) is 2.29. The lowest BCUT2D eigenvalue weighted by Gasteiger charge is -2.16. The molecule has 1 atom stereocenters. The van der Waals surface area contributed by atoms with Gasteiger partial charge in [0.15, 0.2) is 0 Å². The Labute approximate surface area is 146 Å². The number of benzene rings is 2. The first-order chi connectivity index (χ1) is 12.0. The normalized spacial score (nSPS) is 11.6. The van der Waals surface area contributed by atoms with E-state index in [1.807, 2.05) is 13.0 Å². The number of hydrogen-bond donors (Lipinski definition) is 3. The predicted molar refractivity (Wildman–Crippen MR) is 95.8 cm³/mol. The molecule has 0 unspecified atom stereocenters. The van der Waals surface area contributed by atoms with Crippen LogP contribution >= 0.6 is 0 Å². The van der Waals surface area contributed by atoms with E-state index in [-0.39, 0.29) is 25.0 Å². The first-order valence-corrected chi connectivity index (χ1v) is 7.93. The minimum Gasteiger partial charge on any atom is -0.394 e. The van der Waals surface area contributed by atoms with Crippen molar-refractivity contribution in [3.05, 3.63) is 65.2 Å². The first kappa shape index (κ1) is 18.6. The van der Waals surface area contributed by atoms with Gasteiger partial charge in [-0.05, 0) is 36.8 Å². The van der Waals surface area contributed by atoms with Gasteiger partial charge in [-0.2, -0.15) is 0 Å². The third kappa shape index (κ3) is 5.14. The Morgan fingerprint density at radius 2 is 1.80 bits per heavy atom. The second-order valence-electron chi connectivity index (χ2n) is 5.66. The van der Waals surface area contributed by atoms with Gasteiger partial charge in [-0.1, -0.05) is 24.3 Å². The van der Waals surface area contributed by atoms with Crippen molar-refractivity contribution in [3.8, 4) is 0 Å². The second-order valence-corrected chi connectivity index (χ2v) is 5.66. The summed E-state index contributed by atoms with van der Waals surface area (Å²) in [6, 6.07) is 13.4. The number of amides is 2. The summed E-state index contributed by atoms with van der Waals surface area (Å²) in [5.74, 6) is -0.583.